The maximum absolute atomic E-state index is 18.0. The van der Waals surface area contributed by atoms with E-state index in [0.29, 0.717) is 32.5 Å². The van der Waals surface area contributed by atoms with E-state index >= 15 is 8.78 Å². The number of carbonyl (C=O) groups excluding carboxylic acids is 4. The average molecular weight is 1250 g/mol. The Morgan fingerprint density at radius 2 is 1.53 bits per heavy atom. The summed E-state index contributed by atoms with van der Waals surface area (Å²) in [5.74, 6) is -7.40. The van der Waals surface area contributed by atoms with E-state index in [0.717, 1.165) is 12.5 Å². The number of ketones is 1. The molecule has 2 aliphatic heterocycles. The minimum Gasteiger partial charge on any atom is -0.466 e. The molecule has 7 N–H and O–H groups in total. The van der Waals surface area contributed by atoms with Gasteiger partial charge in [0.05, 0.1) is 67.3 Å². The number of ether oxygens (including phenoxy) is 7. The van der Waals surface area contributed by atoms with Gasteiger partial charge in [-0.05, 0) is 162 Å². The second-order valence-corrected chi connectivity index (χ2v) is 29.3. The van der Waals surface area contributed by atoms with Crippen molar-refractivity contribution >= 4 is 23.7 Å². The van der Waals surface area contributed by atoms with Gasteiger partial charge in [-0.15, -0.1) is 0 Å². The second-order valence-electron chi connectivity index (χ2n) is 29.3. The molecule has 88 heavy (non-hydrogen) atoms. The number of allylic oxidation sites excluding steroid dienone is 4. The van der Waals surface area contributed by atoms with E-state index in [1.54, 1.807) is 55.4 Å². The topological polar surface area (TPSA) is 273 Å². The molecule has 0 aromatic heterocycles. The van der Waals surface area contributed by atoms with E-state index < -0.39 is 166 Å². The number of fused-ring (bicyclic) bond motifs is 5. The number of hydrogen-bond donors (Lipinski definition) is 7. The van der Waals surface area contributed by atoms with Crippen molar-refractivity contribution in [1.82, 2.24) is 15.1 Å². The monoisotopic (exact) mass is 1250 g/mol. The van der Waals surface area contributed by atoms with Crippen molar-refractivity contribution in [3.05, 3.63) is 23.8 Å². The number of likely N-dealkylation sites (N-methyl/N-ethyl adjacent to an activating group) is 1. The number of nitrogens with one attached hydrogen (secondary N) is 1. The zero-order valence-electron chi connectivity index (χ0n) is 55.5. The summed E-state index contributed by atoms with van der Waals surface area (Å²) < 4.78 is 78.2. The SMILES string of the molecule is CC[C@H]1OC(=O)[C@H](C)[C@@H](OC2C[C@@](C)(OC)[C@@H](O)[C@H](C)O2)[C@H](C)C(O[C@@H]2C[C@H](C)C[C@H](N(C)C)[C@H]2O)[C@](C)(O)C[C@@H](C)CN(CCCNCCC(=O)O[C@]2(C(=O)OC)[C@H](C)CC3C4C[C@H](F)C5=CC(=O)C=C[C@]5(C)[C@@]4(F)[C@@H](O)C[C@@]32C)[C@H](C)[C@@H](O)[C@]1(C)O. The number of aliphatic hydroxyl groups excluding tert-OH is 4. The fourth-order valence-electron chi connectivity index (χ4n) is 17.7. The van der Waals surface area contributed by atoms with Crippen LogP contribution in [0.5, 0.6) is 0 Å². The molecule has 20 nitrogen and oxygen atoms in total. The van der Waals surface area contributed by atoms with E-state index in [1.807, 2.05) is 37.7 Å². The molecule has 0 aromatic carbocycles. The maximum atomic E-state index is 18.0. The van der Waals surface area contributed by atoms with Gasteiger partial charge >= 0.3 is 17.9 Å². The summed E-state index contributed by atoms with van der Waals surface area (Å²) in [5.41, 5.74) is -12.1. The third kappa shape index (κ3) is 13.2. The summed E-state index contributed by atoms with van der Waals surface area (Å²) in [6.07, 6.45) is -7.64. The fraction of sp³-hybridized carbons (Fsp3) is 0.879. The zero-order valence-corrected chi connectivity index (χ0v) is 55.5. The number of aliphatic hydroxyl groups is 6. The third-order valence-electron chi connectivity index (χ3n) is 22.8. The number of hydrogen-bond acceptors (Lipinski definition) is 20. The molecule has 7 rings (SSSR count). The van der Waals surface area contributed by atoms with Gasteiger partial charge < -0.3 is 74.0 Å². The minimum absolute atomic E-state index is 0.0237. The molecule has 2 heterocycles. The highest BCUT2D eigenvalue weighted by Gasteiger charge is 2.79. The molecule has 0 radical (unpaired) electrons. The Bertz CT molecular complexity index is 2520. The molecule has 7 aliphatic rings. The van der Waals surface area contributed by atoms with Crippen LogP contribution in [0, 0.1) is 52.3 Å². The Morgan fingerprint density at radius 3 is 2.16 bits per heavy atom. The summed E-state index contributed by atoms with van der Waals surface area (Å²) in [5, 5.41) is 76.2. The lowest BCUT2D eigenvalue weighted by atomic mass is 9.44. The van der Waals surface area contributed by atoms with E-state index in [4.69, 9.17) is 33.2 Å². The molecule has 0 aromatic rings. The third-order valence-corrected chi connectivity index (χ3v) is 22.8. The van der Waals surface area contributed by atoms with Crippen LogP contribution in [-0.4, -0.2) is 226 Å². The van der Waals surface area contributed by atoms with Gasteiger partial charge in [0, 0.05) is 67.3 Å². The standard InChI is InChI=1S/C66H109F2N3O17/c1-18-50-64(13,81)55(76)40(7)71(25-19-23-69-24-21-51(74)88-66(59(79)82-16)37(4)28-43-44-30-46(67)45-29-42(72)20-22-60(45,9)65(44,68)49(73)32-61(43,66)10)34-36(3)31-62(11,80)57(85-48-27-35(2)26-47(53(48)75)70(14)15)38(5)54(39(6)58(78)86-50)87-52-33-63(12,83-17)56(77)41(8)84-52/h20,22,29,35-41,43-44,46-50,52-57,69,73,75-77,80-81H,18-19,21,23-28,30-34H2,1-17H3/t35-,36-,37-,38+,39-,40-,41+,43?,44?,46+,47+,48-,49+,50-,52?,53-,54+,55-,56+,57?,60+,61+,62-,63-,64-,65+,66+/m1/s1. The Morgan fingerprint density at radius 1 is 0.864 bits per heavy atom. The minimum atomic E-state index is -2.40. The van der Waals surface area contributed by atoms with E-state index in [9.17, 15) is 49.8 Å². The number of rotatable bonds is 16. The fourth-order valence-corrected chi connectivity index (χ4v) is 17.7. The summed E-state index contributed by atoms with van der Waals surface area (Å²) in [6.45, 7) is 23.7. The van der Waals surface area contributed by atoms with Crippen molar-refractivity contribution in [2.45, 2.75) is 262 Å². The number of alkyl halides is 2. The highest BCUT2D eigenvalue weighted by Crippen LogP contribution is 2.72. The van der Waals surface area contributed by atoms with Crippen molar-refractivity contribution in [2.75, 3.05) is 54.5 Å². The second kappa shape index (κ2) is 27.5. The lowest BCUT2D eigenvalue weighted by Gasteiger charge is -2.63. The van der Waals surface area contributed by atoms with Crippen LogP contribution in [0.1, 0.15) is 154 Å². The van der Waals surface area contributed by atoms with Crippen molar-refractivity contribution in [3.8, 4) is 0 Å². The normalized spacial score (nSPS) is 48.0. The van der Waals surface area contributed by atoms with Gasteiger partial charge in [-0.1, -0.05) is 47.6 Å². The number of nitrogens with zero attached hydrogens (tertiary/aromatic N) is 2. The first-order chi connectivity index (χ1) is 40.9. The molecule has 27 atom stereocenters. The van der Waals surface area contributed by atoms with Crippen molar-refractivity contribution < 1.29 is 91.8 Å². The first-order valence-corrected chi connectivity index (χ1v) is 32.5. The summed E-state index contributed by atoms with van der Waals surface area (Å²) >= 11 is 0. The molecule has 0 bridgehead atoms. The molecular weight excluding hydrogens is 1140 g/mol. The van der Waals surface area contributed by atoms with Crippen LogP contribution in [0.25, 0.3) is 0 Å². The molecule has 0 spiro atoms. The van der Waals surface area contributed by atoms with Gasteiger partial charge in [-0.25, -0.2) is 13.6 Å². The Hall–Kier alpha value is -3.10. The van der Waals surface area contributed by atoms with E-state index in [2.05, 4.69) is 12.2 Å². The zero-order chi connectivity index (χ0) is 65.8. The number of carbonyl (C=O) groups is 4. The highest BCUT2D eigenvalue weighted by atomic mass is 19.1. The summed E-state index contributed by atoms with van der Waals surface area (Å²) in [4.78, 5) is 59.4. The van der Waals surface area contributed by atoms with E-state index in [-0.39, 0.29) is 74.9 Å². The smallest absolute Gasteiger partial charge is 0.351 e. The molecule has 4 saturated carbocycles. The molecule has 2 saturated heterocycles. The molecule has 22 heteroatoms. The molecule has 504 valence electrons. The van der Waals surface area contributed by atoms with Gasteiger partial charge in [-0.2, -0.15) is 0 Å². The lowest BCUT2D eigenvalue weighted by Crippen LogP contribution is -2.71. The van der Waals surface area contributed by atoms with Crippen molar-refractivity contribution in [3.63, 3.8) is 0 Å². The first kappa shape index (κ1) is 72.3. The van der Waals surface area contributed by atoms with Gasteiger partial charge in [-0.3, -0.25) is 19.3 Å². The number of halogens is 2. The van der Waals surface area contributed by atoms with Crippen LogP contribution in [-0.2, 0) is 52.3 Å². The first-order valence-electron chi connectivity index (χ1n) is 32.5. The van der Waals surface area contributed by atoms with E-state index in [1.165, 1.54) is 40.2 Å². The van der Waals surface area contributed by atoms with Crippen LogP contribution in [0.2, 0.25) is 0 Å². The molecule has 5 aliphatic carbocycles. The Kier molecular flexibility index (Phi) is 22.6. The van der Waals surface area contributed by atoms with Crippen LogP contribution < -0.4 is 5.32 Å². The molecule has 0 amide bonds. The van der Waals surface area contributed by atoms with Crippen molar-refractivity contribution in [1.29, 1.82) is 0 Å². The number of methoxy groups -OCH3 is 2. The average Bonchev–Trinajstić information content (AvgIpc) is 1.29. The predicted octanol–water partition coefficient (Wildman–Crippen LogP) is 5.32. The number of cyclic esters (lactones) is 1. The molecule has 6 fully saturated rings. The number of esters is 3. The predicted molar refractivity (Wildman–Crippen MR) is 322 cm³/mol. The summed E-state index contributed by atoms with van der Waals surface area (Å²) in [6, 6.07) is -0.998. The Balaban J connectivity index is 1.10. The molecular formula is C66H109F2N3O17. The molecule has 4 unspecified atom stereocenters. The van der Waals surface area contributed by atoms with Crippen LogP contribution in [0.3, 0.4) is 0 Å². The van der Waals surface area contributed by atoms with Crippen LogP contribution >= 0.6 is 0 Å². The lowest BCUT2D eigenvalue weighted by molar-refractivity contribution is -0.302. The highest BCUT2D eigenvalue weighted by molar-refractivity contribution is 6.01. The van der Waals surface area contributed by atoms with Gasteiger partial charge in [0.15, 0.2) is 17.7 Å². The maximum Gasteiger partial charge on any atom is 0.351 e. The largest absolute Gasteiger partial charge is 0.466 e. The van der Waals surface area contributed by atoms with Gasteiger partial charge in [0.25, 0.3) is 0 Å². The van der Waals surface area contributed by atoms with Crippen LogP contribution in [0.15, 0.2) is 23.8 Å². The van der Waals surface area contributed by atoms with Gasteiger partial charge in [0.1, 0.15) is 30.1 Å². The quantitative estimate of drug-likeness (QED) is 0.0585. The summed E-state index contributed by atoms with van der Waals surface area (Å²) in [7, 11) is 6.49. The van der Waals surface area contributed by atoms with Gasteiger partial charge in [0.2, 0.25) is 5.60 Å². The van der Waals surface area contributed by atoms with Crippen molar-refractivity contribution in [2.24, 2.45) is 52.3 Å². The Labute approximate surface area is 521 Å². The van der Waals surface area contributed by atoms with Crippen LogP contribution in [0.4, 0.5) is 8.78 Å².